The van der Waals surface area contributed by atoms with Crippen molar-refractivity contribution in [2.75, 3.05) is 11.9 Å². The van der Waals surface area contributed by atoms with Gasteiger partial charge in [0.15, 0.2) is 12.4 Å². The number of amides is 2. The molecule has 0 saturated carbocycles. The molecule has 0 radical (unpaired) electrons. The van der Waals surface area contributed by atoms with Gasteiger partial charge in [0, 0.05) is 11.2 Å². The number of benzene rings is 1. The number of hydrogen-bond acceptors (Lipinski definition) is 7. The summed E-state index contributed by atoms with van der Waals surface area (Å²) in [6.07, 6.45) is 1.57. The molecule has 2 heterocycles. The van der Waals surface area contributed by atoms with Crippen molar-refractivity contribution in [3.63, 3.8) is 0 Å². The van der Waals surface area contributed by atoms with E-state index in [1.54, 1.807) is 44.3 Å². The zero-order valence-electron chi connectivity index (χ0n) is 16.7. The van der Waals surface area contributed by atoms with E-state index in [0.717, 1.165) is 11.3 Å². The van der Waals surface area contributed by atoms with Crippen LogP contribution in [0.25, 0.3) is 0 Å². The maximum Gasteiger partial charge on any atom is 0.341 e. The van der Waals surface area contributed by atoms with Gasteiger partial charge in [-0.05, 0) is 43.7 Å². The number of thiophene rings is 1. The second-order valence-corrected chi connectivity index (χ2v) is 7.73. The van der Waals surface area contributed by atoms with Crippen molar-refractivity contribution in [1.29, 1.82) is 0 Å². The maximum absolute atomic E-state index is 12.7. The van der Waals surface area contributed by atoms with E-state index in [9.17, 15) is 14.4 Å². The van der Waals surface area contributed by atoms with Crippen molar-refractivity contribution in [3.8, 4) is 5.75 Å². The van der Waals surface area contributed by atoms with E-state index in [1.165, 1.54) is 10.7 Å². The Bertz CT molecular complexity index is 1140. The number of esters is 1. The number of nitrogens with two attached hydrogens (primary N) is 1. The maximum atomic E-state index is 12.7. The van der Waals surface area contributed by atoms with Crippen molar-refractivity contribution in [1.82, 2.24) is 9.78 Å². The largest absolute Gasteiger partial charge is 0.471 e. The summed E-state index contributed by atoms with van der Waals surface area (Å²) in [5.41, 5.74) is 5.92. The summed E-state index contributed by atoms with van der Waals surface area (Å²) in [7, 11) is 0. The molecule has 31 heavy (non-hydrogen) atoms. The minimum atomic E-state index is -0.698. The fraction of sp³-hybridized carbons (Fsp3) is 0.200. The van der Waals surface area contributed by atoms with Gasteiger partial charge in [0.05, 0.1) is 17.0 Å². The highest BCUT2D eigenvalue weighted by molar-refractivity contribution is 7.18. The van der Waals surface area contributed by atoms with E-state index in [1.807, 2.05) is 0 Å². The van der Waals surface area contributed by atoms with Crippen LogP contribution in [0.3, 0.4) is 0 Å². The lowest BCUT2D eigenvalue weighted by Crippen LogP contribution is -2.16. The molecular weight excluding hydrogens is 444 g/mol. The van der Waals surface area contributed by atoms with Crippen LogP contribution in [0.15, 0.2) is 36.5 Å². The number of carbonyl (C=O) groups is 3. The topological polar surface area (TPSA) is 126 Å². The summed E-state index contributed by atoms with van der Waals surface area (Å²) in [5, 5.41) is 7.48. The van der Waals surface area contributed by atoms with E-state index in [2.05, 4.69) is 10.4 Å². The first-order valence-electron chi connectivity index (χ1n) is 9.13. The van der Waals surface area contributed by atoms with Gasteiger partial charge in [0.25, 0.3) is 11.8 Å². The van der Waals surface area contributed by atoms with Crippen LogP contribution in [0.4, 0.5) is 5.00 Å². The number of anilines is 1. The lowest BCUT2D eigenvalue weighted by Gasteiger charge is -2.07. The third-order valence-corrected chi connectivity index (χ3v) is 5.57. The lowest BCUT2D eigenvalue weighted by atomic mass is 10.1. The van der Waals surface area contributed by atoms with Crippen molar-refractivity contribution >= 4 is 45.7 Å². The molecule has 1 aromatic carbocycles. The first-order valence-corrected chi connectivity index (χ1v) is 10.3. The van der Waals surface area contributed by atoms with Gasteiger partial charge in [-0.2, -0.15) is 5.10 Å². The molecule has 0 aliphatic rings. The van der Waals surface area contributed by atoms with E-state index in [4.69, 9.17) is 26.8 Å². The van der Waals surface area contributed by atoms with Crippen LogP contribution < -0.4 is 15.8 Å². The third kappa shape index (κ3) is 5.22. The summed E-state index contributed by atoms with van der Waals surface area (Å²) in [6.45, 7) is 3.43. The SMILES string of the molecule is CCOC(=O)c1c(NC(=O)c2ccn(COc3cccc(Cl)c3)n2)sc(C(N)=O)c1C. The highest BCUT2D eigenvalue weighted by Gasteiger charge is 2.26. The van der Waals surface area contributed by atoms with Gasteiger partial charge in [0.1, 0.15) is 10.8 Å². The summed E-state index contributed by atoms with van der Waals surface area (Å²) in [5.74, 6) is -1.36. The molecule has 0 saturated heterocycles. The second-order valence-electron chi connectivity index (χ2n) is 6.27. The Hall–Kier alpha value is -3.37. The molecule has 9 nitrogen and oxygen atoms in total. The van der Waals surface area contributed by atoms with Gasteiger partial charge in [0.2, 0.25) is 0 Å². The Morgan fingerprint density at radius 1 is 1.29 bits per heavy atom. The number of aromatic nitrogens is 2. The molecule has 11 heteroatoms. The van der Waals surface area contributed by atoms with E-state index in [0.29, 0.717) is 16.3 Å². The highest BCUT2D eigenvalue weighted by atomic mass is 35.5. The summed E-state index contributed by atoms with van der Waals surface area (Å²) in [6, 6.07) is 8.38. The number of carbonyl (C=O) groups excluding carboxylic acids is 3. The van der Waals surface area contributed by atoms with Gasteiger partial charge in [-0.15, -0.1) is 11.3 Å². The highest BCUT2D eigenvalue weighted by Crippen LogP contribution is 2.33. The minimum Gasteiger partial charge on any atom is -0.471 e. The van der Waals surface area contributed by atoms with Gasteiger partial charge in [-0.3, -0.25) is 9.59 Å². The van der Waals surface area contributed by atoms with Crippen LogP contribution in [0.5, 0.6) is 5.75 Å². The minimum absolute atomic E-state index is 0.0611. The Kier molecular flexibility index (Phi) is 6.93. The third-order valence-electron chi connectivity index (χ3n) is 4.11. The van der Waals surface area contributed by atoms with Crippen molar-refractivity contribution in [3.05, 3.63) is 63.2 Å². The van der Waals surface area contributed by atoms with Gasteiger partial charge < -0.3 is 20.5 Å². The first-order chi connectivity index (χ1) is 14.8. The number of rotatable bonds is 8. The summed E-state index contributed by atoms with van der Waals surface area (Å²) >= 11 is 6.83. The van der Waals surface area contributed by atoms with Crippen molar-refractivity contribution in [2.45, 2.75) is 20.6 Å². The molecule has 0 atom stereocenters. The molecule has 0 fully saturated rings. The van der Waals surface area contributed by atoms with Crippen LogP contribution in [0.2, 0.25) is 5.02 Å². The normalized spacial score (nSPS) is 10.5. The zero-order chi connectivity index (χ0) is 22.5. The average molecular weight is 463 g/mol. The Balaban J connectivity index is 1.75. The molecule has 3 rings (SSSR count). The first kappa shape index (κ1) is 22.3. The smallest absolute Gasteiger partial charge is 0.341 e. The molecule has 2 aromatic heterocycles. The standard InChI is InChI=1S/C20H19ClN4O5S/c1-3-29-20(28)15-11(2)16(17(22)26)31-19(15)23-18(27)14-7-8-25(24-14)10-30-13-6-4-5-12(21)9-13/h4-9H,3,10H2,1-2H3,(H2,22,26)(H,23,27). The second kappa shape index (κ2) is 9.63. The molecule has 3 aromatic rings. The van der Waals surface area contributed by atoms with Crippen molar-refractivity contribution < 1.29 is 23.9 Å². The molecule has 0 aliphatic heterocycles. The molecule has 3 N–H and O–H groups in total. The lowest BCUT2D eigenvalue weighted by molar-refractivity contribution is 0.0527. The number of nitrogens with one attached hydrogen (secondary N) is 1. The number of hydrogen-bond donors (Lipinski definition) is 2. The van der Waals surface area contributed by atoms with E-state index < -0.39 is 17.8 Å². The molecule has 2 amide bonds. The molecule has 0 spiro atoms. The molecule has 162 valence electrons. The van der Waals surface area contributed by atoms with E-state index >= 15 is 0 Å². The Morgan fingerprint density at radius 3 is 2.74 bits per heavy atom. The zero-order valence-corrected chi connectivity index (χ0v) is 18.2. The number of ether oxygens (including phenoxy) is 2. The number of nitrogens with zero attached hydrogens (tertiary/aromatic N) is 2. The molecular formula is C20H19ClN4O5S. The van der Waals surface area contributed by atoms with Crippen LogP contribution in [-0.2, 0) is 11.5 Å². The van der Waals surface area contributed by atoms with Crippen LogP contribution in [0, 0.1) is 6.92 Å². The van der Waals surface area contributed by atoms with Gasteiger partial charge in [-0.25, -0.2) is 9.48 Å². The molecule has 0 bridgehead atoms. The average Bonchev–Trinajstić information content (AvgIpc) is 3.31. The van der Waals surface area contributed by atoms with E-state index in [-0.39, 0.29) is 34.5 Å². The molecule has 0 aliphatic carbocycles. The van der Waals surface area contributed by atoms with Crippen LogP contribution >= 0.6 is 22.9 Å². The Morgan fingerprint density at radius 2 is 2.06 bits per heavy atom. The fourth-order valence-electron chi connectivity index (χ4n) is 2.70. The Labute approximate surface area is 186 Å². The van der Waals surface area contributed by atoms with Crippen LogP contribution in [0.1, 0.15) is 43.0 Å². The van der Waals surface area contributed by atoms with Gasteiger partial charge in [-0.1, -0.05) is 17.7 Å². The predicted octanol–water partition coefficient (Wildman–Crippen LogP) is 3.47. The summed E-state index contributed by atoms with van der Waals surface area (Å²) in [4.78, 5) is 36.8. The van der Waals surface area contributed by atoms with Gasteiger partial charge >= 0.3 is 5.97 Å². The fourth-order valence-corrected chi connectivity index (χ4v) is 3.93. The quantitative estimate of drug-likeness (QED) is 0.493. The molecule has 0 unspecified atom stereocenters. The number of halogens is 1. The summed E-state index contributed by atoms with van der Waals surface area (Å²) < 4.78 is 12.0. The predicted molar refractivity (Wildman–Crippen MR) is 116 cm³/mol. The number of primary amides is 1. The van der Waals surface area contributed by atoms with Crippen LogP contribution in [-0.4, -0.2) is 34.2 Å². The van der Waals surface area contributed by atoms with Crippen molar-refractivity contribution in [2.24, 2.45) is 5.73 Å². The monoisotopic (exact) mass is 462 g/mol.